The Kier molecular flexibility index (Phi) is 5.36. The van der Waals surface area contributed by atoms with Crippen LogP contribution >= 0.6 is 0 Å². The predicted octanol–water partition coefficient (Wildman–Crippen LogP) is 3.63. The standard InChI is InChI=1S/C17H25N3/c1-4-8-19-17(14(2)3)16-7-11-20(13-16)12-15-5-9-18-10-6-15/h5-7,9-11,13-14,17,19H,4,8,12H2,1-3H3. The third-order valence-electron chi connectivity index (χ3n) is 3.53. The second-order valence-electron chi connectivity index (χ2n) is 5.65. The van der Waals surface area contributed by atoms with Crippen LogP contribution in [0.5, 0.6) is 0 Å². The Morgan fingerprint density at radius 2 is 1.95 bits per heavy atom. The van der Waals surface area contributed by atoms with Crippen molar-refractivity contribution in [1.29, 1.82) is 0 Å². The molecule has 0 amide bonds. The zero-order valence-corrected chi connectivity index (χ0v) is 12.7. The van der Waals surface area contributed by atoms with Gasteiger partial charge in [-0.2, -0.15) is 0 Å². The van der Waals surface area contributed by atoms with Crippen LogP contribution in [0.25, 0.3) is 0 Å². The largest absolute Gasteiger partial charge is 0.350 e. The molecule has 108 valence electrons. The number of rotatable bonds is 7. The molecule has 0 aliphatic heterocycles. The SMILES string of the molecule is CCCNC(c1ccn(Cc2ccncc2)c1)C(C)C. The van der Waals surface area contributed by atoms with E-state index in [1.54, 1.807) is 0 Å². The van der Waals surface area contributed by atoms with Gasteiger partial charge in [0.15, 0.2) is 0 Å². The zero-order chi connectivity index (χ0) is 14.4. The summed E-state index contributed by atoms with van der Waals surface area (Å²) in [5.74, 6) is 0.596. The maximum Gasteiger partial charge on any atom is 0.0471 e. The van der Waals surface area contributed by atoms with Gasteiger partial charge >= 0.3 is 0 Å². The summed E-state index contributed by atoms with van der Waals surface area (Å²) in [6.45, 7) is 8.72. The fraction of sp³-hybridized carbons (Fsp3) is 0.471. The minimum atomic E-state index is 0.439. The molecule has 0 fully saturated rings. The molecule has 0 radical (unpaired) electrons. The van der Waals surface area contributed by atoms with Crippen LogP contribution in [0.3, 0.4) is 0 Å². The molecule has 3 heteroatoms. The van der Waals surface area contributed by atoms with Crippen molar-refractivity contribution in [3.63, 3.8) is 0 Å². The molecule has 0 aliphatic carbocycles. The molecule has 2 heterocycles. The smallest absolute Gasteiger partial charge is 0.0471 e. The summed E-state index contributed by atoms with van der Waals surface area (Å²) in [5.41, 5.74) is 2.66. The average Bonchev–Trinajstić information content (AvgIpc) is 2.88. The van der Waals surface area contributed by atoms with Gasteiger partial charge in [-0.05, 0) is 48.2 Å². The zero-order valence-electron chi connectivity index (χ0n) is 12.7. The van der Waals surface area contributed by atoms with E-state index in [4.69, 9.17) is 0 Å². The number of hydrogen-bond donors (Lipinski definition) is 1. The van der Waals surface area contributed by atoms with Crippen LogP contribution in [-0.4, -0.2) is 16.1 Å². The Bertz CT molecular complexity index is 502. The van der Waals surface area contributed by atoms with Gasteiger partial charge in [0, 0.05) is 37.4 Å². The van der Waals surface area contributed by atoms with Gasteiger partial charge in [-0.1, -0.05) is 20.8 Å². The minimum absolute atomic E-state index is 0.439. The summed E-state index contributed by atoms with van der Waals surface area (Å²) in [7, 11) is 0. The molecule has 1 N–H and O–H groups in total. The van der Waals surface area contributed by atoms with E-state index in [1.165, 1.54) is 17.5 Å². The Morgan fingerprint density at radius 3 is 2.60 bits per heavy atom. The average molecular weight is 271 g/mol. The van der Waals surface area contributed by atoms with E-state index in [2.05, 4.69) is 66.2 Å². The van der Waals surface area contributed by atoms with Crippen LogP contribution in [0.4, 0.5) is 0 Å². The van der Waals surface area contributed by atoms with Crippen LogP contribution < -0.4 is 5.32 Å². The van der Waals surface area contributed by atoms with Crippen molar-refractivity contribution in [2.45, 2.75) is 39.8 Å². The molecule has 0 bridgehead atoms. The quantitative estimate of drug-likeness (QED) is 0.833. The summed E-state index contributed by atoms with van der Waals surface area (Å²) in [6.07, 6.45) is 9.28. The Labute approximate surface area is 122 Å². The monoisotopic (exact) mass is 271 g/mol. The van der Waals surface area contributed by atoms with Crippen molar-refractivity contribution in [1.82, 2.24) is 14.9 Å². The third-order valence-corrected chi connectivity index (χ3v) is 3.53. The molecule has 2 rings (SSSR count). The Balaban J connectivity index is 2.06. The van der Waals surface area contributed by atoms with Gasteiger partial charge in [0.05, 0.1) is 0 Å². The number of nitrogens with one attached hydrogen (secondary N) is 1. The second kappa shape index (κ2) is 7.25. The molecule has 0 aliphatic rings. The maximum atomic E-state index is 4.06. The highest BCUT2D eigenvalue weighted by Crippen LogP contribution is 2.22. The summed E-state index contributed by atoms with van der Waals surface area (Å²) < 4.78 is 2.24. The van der Waals surface area contributed by atoms with Crippen molar-refractivity contribution in [3.05, 3.63) is 54.1 Å². The van der Waals surface area contributed by atoms with Crippen LogP contribution in [0.15, 0.2) is 43.0 Å². The van der Waals surface area contributed by atoms with Crippen molar-refractivity contribution >= 4 is 0 Å². The Hall–Kier alpha value is -1.61. The molecule has 0 aromatic carbocycles. The van der Waals surface area contributed by atoms with Gasteiger partial charge in [-0.25, -0.2) is 0 Å². The summed E-state index contributed by atoms with van der Waals surface area (Å²) >= 11 is 0. The summed E-state index contributed by atoms with van der Waals surface area (Å²) in [5, 5.41) is 3.64. The van der Waals surface area contributed by atoms with Gasteiger partial charge in [-0.15, -0.1) is 0 Å². The van der Waals surface area contributed by atoms with Crippen molar-refractivity contribution in [3.8, 4) is 0 Å². The van der Waals surface area contributed by atoms with Crippen molar-refractivity contribution < 1.29 is 0 Å². The maximum absolute atomic E-state index is 4.06. The van der Waals surface area contributed by atoms with E-state index in [-0.39, 0.29) is 0 Å². The van der Waals surface area contributed by atoms with E-state index >= 15 is 0 Å². The van der Waals surface area contributed by atoms with Crippen LogP contribution in [-0.2, 0) is 6.54 Å². The molecule has 2 aromatic rings. The van der Waals surface area contributed by atoms with E-state index in [1.807, 2.05) is 12.4 Å². The van der Waals surface area contributed by atoms with E-state index in [0.717, 1.165) is 13.1 Å². The fourth-order valence-electron chi connectivity index (χ4n) is 2.48. The first-order valence-electron chi connectivity index (χ1n) is 7.48. The van der Waals surface area contributed by atoms with Crippen molar-refractivity contribution in [2.24, 2.45) is 5.92 Å². The topological polar surface area (TPSA) is 29.9 Å². The molecule has 3 nitrogen and oxygen atoms in total. The van der Waals surface area contributed by atoms with Crippen LogP contribution in [0.1, 0.15) is 44.4 Å². The first-order valence-corrected chi connectivity index (χ1v) is 7.48. The van der Waals surface area contributed by atoms with Crippen LogP contribution in [0, 0.1) is 5.92 Å². The van der Waals surface area contributed by atoms with E-state index in [0.29, 0.717) is 12.0 Å². The van der Waals surface area contributed by atoms with Gasteiger partial charge in [0.25, 0.3) is 0 Å². The lowest BCUT2D eigenvalue weighted by Gasteiger charge is -2.21. The summed E-state index contributed by atoms with van der Waals surface area (Å²) in [6, 6.07) is 6.80. The number of hydrogen-bond acceptors (Lipinski definition) is 2. The molecule has 0 spiro atoms. The molecular formula is C17H25N3. The van der Waals surface area contributed by atoms with Gasteiger partial charge in [0.1, 0.15) is 0 Å². The highest BCUT2D eigenvalue weighted by atomic mass is 15.0. The number of pyridine rings is 1. The lowest BCUT2D eigenvalue weighted by Crippen LogP contribution is -2.26. The molecule has 0 saturated carbocycles. The molecule has 1 atom stereocenters. The first-order chi connectivity index (χ1) is 9.70. The number of aromatic nitrogens is 2. The predicted molar refractivity (Wildman–Crippen MR) is 83.6 cm³/mol. The van der Waals surface area contributed by atoms with Gasteiger partial charge in [-0.3, -0.25) is 4.98 Å². The molecule has 0 saturated heterocycles. The van der Waals surface area contributed by atoms with Gasteiger partial charge < -0.3 is 9.88 Å². The van der Waals surface area contributed by atoms with E-state index < -0.39 is 0 Å². The normalized spacial score (nSPS) is 12.8. The fourth-order valence-corrected chi connectivity index (χ4v) is 2.48. The highest BCUT2D eigenvalue weighted by molar-refractivity contribution is 5.18. The third kappa shape index (κ3) is 3.94. The number of nitrogens with zero attached hydrogens (tertiary/aromatic N) is 2. The van der Waals surface area contributed by atoms with E-state index in [9.17, 15) is 0 Å². The second-order valence-corrected chi connectivity index (χ2v) is 5.65. The minimum Gasteiger partial charge on any atom is -0.350 e. The highest BCUT2D eigenvalue weighted by Gasteiger charge is 2.15. The van der Waals surface area contributed by atoms with Crippen LogP contribution in [0.2, 0.25) is 0 Å². The molecule has 20 heavy (non-hydrogen) atoms. The summed E-state index contributed by atoms with van der Waals surface area (Å²) in [4.78, 5) is 4.06. The molecule has 2 aromatic heterocycles. The lowest BCUT2D eigenvalue weighted by molar-refractivity contribution is 0.412. The lowest BCUT2D eigenvalue weighted by atomic mass is 9.98. The molecular weight excluding hydrogens is 246 g/mol. The molecule has 1 unspecified atom stereocenters. The van der Waals surface area contributed by atoms with Gasteiger partial charge in [0.2, 0.25) is 0 Å². The first kappa shape index (κ1) is 14.8. The van der Waals surface area contributed by atoms with Crippen molar-refractivity contribution in [2.75, 3.05) is 6.54 Å². The Morgan fingerprint density at radius 1 is 1.20 bits per heavy atom.